The molecule has 1 unspecified atom stereocenters. The number of hydrogen-bond donors (Lipinski definition) is 0. The van der Waals surface area contributed by atoms with Crippen molar-refractivity contribution < 1.29 is 9.47 Å². The molecule has 0 fully saturated rings. The van der Waals surface area contributed by atoms with E-state index in [1.165, 1.54) is 37.7 Å². The zero-order chi connectivity index (χ0) is 21.0. The summed E-state index contributed by atoms with van der Waals surface area (Å²) in [4.78, 5) is 0. The Morgan fingerprint density at radius 1 is 0.833 bits per heavy atom. The Bertz CT molecular complexity index is 779. The normalized spacial score (nSPS) is 15.5. The molecule has 0 saturated carbocycles. The minimum Gasteiger partial charge on any atom is -0.494 e. The predicted octanol–water partition coefficient (Wildman–Crippen LogP) is 7.41. The van der Waals surface area contributed by atoms with E-state index in [-0.39, 0.29) is 5.25 Å². The van der Waals surface area contributed by atoms with Crippen LogP contribution in [0.5, 0.6) is 11.5 Å². The molecule has 2 aromatic rings. The number of ether oxygens (including phenoxy) is 2. The van der Waals surface area contributed by atoms with Gasteiger partial charge in [-0.25, -0.2) is 4.41 Å². The van der Waals surface area contributed by atoms with E-state index in [9.17, 15) is 0 Å². The zero-order valence-corrected chi connectivity index (χ0v) is 19.1. The molecule has 162 valence electrons. The zero-order valence-electron chi connectivity index (χ0n) is 18.3. The lowest BCUT2D eigenvalue weighted by atomic mass is 10.1. The molecule has 0 radical (unpaired) electrons. The Morgan fingerprint density at radius 2 is 1.60 bits per heavy atom. The molecule has 2 aromatic carbocycles. The van der Waals surface area contributed by atoms with Gasteiger partial charge >= 0.3 is 0 Å². The maximum absolute atomic E-state index is 5.89. The molecule has 1 aliphatic rings. The Kier molecular flexibility index (Phi) is 9.42. The van der Waals surface area contributed by atoms with Crippen LogP contribution >= 0.6 is 11.9 Å². The Labute approximate surface area is 185 Å². The Balaban J connectivity index is 1.45. The van der Waals surface area contributed by atoms with Crippen molar-refractivity contribution in [3.63, 3.8) is 0 Å². The van der Waals surface area contributed by atoms with Gasteiger partial charge < -0.3 is 9.47 Å². The first kappa shape index (κ1) is 22.5. The lowest BCUT2D eigenvalue weighted by Crippen LogP contribution is -2.03. The van der Waals surface area contributed by atoms with Crippen molar-refractivity contribution in [2.24, 2.45) is 5.10 Å². The highest BCUT2D eigenvalue weighted by Gasteiger charge is 2.22. The summed E-state index contributed by atoms with van der Waals surface area (Å²) >= 11 is 1.70. The second-order valence-electron chi connectivity index (χ2n) is 7.59. The van der Waals surface area contributed by atoms with Crippen molar-refractivity contribution in [3.05, 3.63) is 54.1 Å². The number of hydrogen-bond acceptors (Lipinski definition) is 5. The maximum atomic E-state index is 5.89. The summed E-state index contributed by atoms with van der Waals surface area (Å²) in [6, 6.07) is 16.5. The quantitative estimate of drug-likeness (QED) is 0.247. The summed E-state index contributed by atoms with van der Waals surface area (Å²) in [6.45, 7) is 5.90. The molecule has 1 heterocycles. The van der Waals surface area contributed by atoms with Crippen LogP contribution in [0, 0.1) is 0 Å². The average Bonchev–Trinajstić information content (AvgIpc) is 3.28. The smallest absolute Gasteiger partial charge is 0.119 e. The van der Waals surface area contributed by atoms with Gasteiger partial charge in [0, 0.05) is 6.21 Å². The van der Waals surface area contributed by atoms with Crippen LogP contribution in [0.15, 0.2) is 53.6 Å². The minimum atomic E-state index is 0.193. The molecule has 3 rings (SSSR count). The van der Waals surface area contributed by atoms with Gasteiger partial charge in [0.1, 0.15) is 11.5 Å². The maximum Gasteiger partial charge on any atom is 0.119 e. The van der Waals surface area contributed by atoms with Crippen LogP contribution in [-0.2, 0) is 0 Å². The summed E-state index contributed by atoms with van der Waals surface area (Å²) in [5.41, 5.74) is 2.27. The molecule has 1 aliphatic heterocycles. The van der Waals surface area contributed by atoms with Crippen LogP contribution in [0.2, 0.25) is 0 Å². The third kappa shape index (κ3) is 6.98. The summed E-state index contributed by atoms with van der Waals surface area (Å²) in [5.74, 6) is 1.85. The van der Waals surface area contributed by atoms with E-state index < -0.39 is 0 Å². The van der Waals surface area contributed by atoms with E-state index in [0.717, 1.165) is 43.2 Å². The van der Waals surface area contributed by atoms with E-state index in [0.29, 0.717) is 0 Å². The van der Waals surface area contributed by atoms with Crippen LogP contribution in [0.25, 0.3) is 0 Å². The van der Waals surface area contributed by atoms with Gasteiger partial charge in [0.2, 0.25) is 0 Å². The first-order valence-corrected chi connectivity index (χ1v) is 12.1. The van der Waals surface area contributed by atoms with Gasteiger partial charge in [-0.15, -0.1) is 0 Å². The van der Waals surface area contributed by atoms with Crippen molar-refractivity contribution in [2.45, 2.75) is 64.0 Å². The molecule has 0 N–H and O–H groups in total. The van der Waals surface area contributed by atoms with E-state index in [2.05, 4.69) is 43.2 Å². The highest BCUT2D eigenvalue weighted by atomic mass is 32.2. The standard InChI is InChI=1S/C25H34N2O2S/c1-3-5-6-7-8-9-18-29-23-15-13-22(14-16-23)27-26-20-25(30-27)21-11-10-12-24(19-21)28-17-4-2/h10-16,19-20,25H,3-9,17-18H2,1-2H3. The Hall–Kier alpha value is -2.14. The second kappa shape index (κ2) is 12.5. The van der Waals surface area contributed by atoms with Crippen molar-refractivity contribution in [2.75, 3.05) is 17.6 Å². The molecule has 1 atom stereocenters. The van der Waals surface area contributed by atoms with Gasteiger partial charge in [0.25, 0.3) is 0 Å². The molecular formula is C25H34N2O2S. The molecular weight excluding hydrogens is 392 g/mol. The van der Waals surface area contributed by atoms with Crippen LogP contribution in [0.4, 0.5) is 5.69 Å². The number of rotatable bonds is 13. The first-order valence-electron chi connectivity index (χ1n) is 11.3. The monoisotopic (exact) mass is 426 g/mol. The fourth-order valence-corrected chi connectivity index (χ4v) is 4.25. The molecule has 30 heavy (non-hydrogen) atoms. The third-order valence-electron chi connectivity index (χ3n) is 5.00. The van der Waals surface area contributed by atoms with E-state index in [1.54, 1.807) is 11.9 Å². The number of hydrazone groups is 1. The van der Waals surface area contributed by atoms with E-state index >= 15 is 0 Å². The molecule has 0 amide bonds. The largest absolute Gasteiger partial charge is 0.494 e. The molecule has 0 aromatic heterocycles. The van der Waals surface area contributed by atoms with E-state index in [1.807, 2.05) is 34.9 Å². The van der Waals surface area contributed by atoms with Crippen molar-refractivity contribution in [1.82, 2.24) is 0 Å². The van der Waals surface area contributed by atoms with Crippen LogP contribution < -0.4 is 13.9 Å². The molecule has 0 spiro atoms. The van der Waals surface area contributed by atoms with Gasteiger partial charge in [-0.2, -0.15) is 5.10 Å². The fraction of sp³-hybridized carbons (Fsp3) is 0.480. The highest BCUT2D eigenvalue weighted by Crippen LogP contribution is 2.39. The summed E-state index contributed by atoms with van der Waals surface area (Å²) < 4.78 is 13.6. The summed E-state index contributed by atoms with van der Waals surface area (Å²) in [6.07, 6.45) is 10.7. The van der Waals surface area contributed by atoms with Crippen molar-refractivity contribution in [3.8, 4) is 11.5 Å². The van der Waals surface area contributed by atoms with Crippen LogP contribution in [0.1, 0.15) is 69.6 Å². The van der Waals surface area contributed by atoms with Gasteiger partial charge in [-0.3, -0.25) is 0 Å². The third-order valence-corrected chi connectivity index (χ3v) is 6.13. The number of anilines is 1. The van der Waals surface area contributed by atoms with Crippen LogP contribution in [0.3, 0.4) is 0 Å². The molecule has 0 aliphatic carbocycles. The van der Waals surface area contributed by atoms with E-state index in [4.69, 9.17) is 9.47 Å². The van der Waals surface area contributed by atoms with Crippen molar-refractivity contribution >= 4 is 23.8 Å². The Morgan fingerprint density at radius 3 is 2.40 bits per heavy atom. The number of unbranched alkanes of at least 4 members (excludes halogenated alkanes) is 5. The molecule has 5 heteroatoms. The molecule has 0 saturated heterocycles. The average molecular weight is 427 g/mol. The van der Waals surface area contributed by atoms with Gasteiger partial charge in [0.05, 0.1) is 24.2 Å². The fourth-order valence-electron chi connectivity index (χ4n) is 3.30. The number of nitrogens with zero attached hydrogens (tertiary/aromatic N) is 2. The predicted molar refractivity (Wildman–Crippen MR) is 129 cm³/mol. The number of benzene rings is 2. The van der Waals surface area contributed by atoms with Gasteiger partial charge in [-0.1, -0.05) is 58.1 Å². The van der Waals surface area contributed by atoms with Crippen molar-refractivity contribution in [1.29, 1.82) is 0 Å². The topological polar surface area (TPSA) is 34.1 Å². The molecule has 4 nitrogen and oxygen atoms in total. The summed E-state index contributed by atoms with van der Waals surface area (Å²) in [7, 11) is 0. The van der Waals surface area contributed by atoms with Gasteiger partial charge in [-0.05, 0) is 66.8 Å². The van der Waals surface area contributed by atoms with Crippen LogP contribution in [-0.4, -0.2) is 19.4 Å². The SMILES string of the molecule is CCCCCCCCOc1ccc(N2N=CC(c3cccc(OCCC)c3)S2)cc1. The van der Waals surface area contributed by atoms with Gasteiger partial charge in [0.15, 0.2) is 0 Å². The highest BCUT2D eigenvalue weighted by molar-refractivity contribution is 8.01. The molecule has 0 bridgehead atoms. The summed E-state index contributed by atoms with van der Waals surface area (Å²) in [5, 5.41) is 4.78. The first-order chi connectivity index (χ1) is 14.8. The minimum absolute atomic E-state index is 0.193. The lowest BCUT2D eigenvalue weighted by Gasteiger charge is -2.16. The lowest BCUT2D eigenvalue weighted by molar-refractivity contribution is 0.304. The second-order valence-corrected chi connectivity index (χ2v) is 8.66.